The van der Waals surface area contributed by atoms with Crippen molar-refractivity contribution in [1.29, 1.82) is 0 Å². The molecule has 0 unspecified atom stereocenters. The summed E-state index contributed by atoms with van der Waals surface area (Å²) in [6.07, 6.45) is 0. The van der Waals surface area contributed by atoms with Crippen LogP contribution in [0.1, 0.15) is 12.7 Å². The number of hydrogen-bond donors (Lipinski definition) is 0. The Hall–Kier alpha value is -2.89. The first-order valence-electron chi connectivity index (χ1n) is 9.86. The number of rotatable bonds is 8. The first-order valence-corrected chi connectivity index (χ1v) is 12.3. The van der Waals surface area contributed by atoms with Gasteiger partial charge in [0, 0.05) is 26.2 Å². The monoisotopic (exact) mass is 473 g/mol. The molecule has 0 aliphatic carbocycles. The molecule has 0 aliphatic heterocycles. The van der Waals surface area contributed by atoms with Crippen LogP contribution in [-0.2, 0) is 22.3 Å². The number of hydrogen-bond acceptors (Lipinski definition) is 8. The molecule has 0 fully saturated rings. The largest absolute Gasteiger partial charge is 0.497 e. The number of sulfonamides is 1. The molecule has 0 spiro atoms. The van der Waals surface area contributed by atoms with Gasteiger partial charge in [-0.3, -0.25) is 0 Å². The Labute approximate surface area is 190 Å². The average Bonchev–Trinajstić information content (AvgIpc) is 3.41. The minimum absolute atomic E-state index is 0.219. The minimum Gasteiger partial charge on any atom is -0.497 e. The topological polar surface area (TPSA) is 103 Å². The third kappa shape index (κ3) is 4.23. The molecule has 4 rings (SSSR count). The standard InChI is InChI=1S/C21H23N5O4S2/c1-5-26-18-11-10-16(32(27,28)25(2)3)12-17(18)22-19(26)13-31-21-24-23-20(30-21)14-6-8-15(29-4)9-7-14/h6-12H,5,13H2,1-4H3. The lowest BCUT2D eigenvalue weighted by Gasteiger charge is -2.11. The van der Waals surface area contributed by atoms with Crippen molar-refractivity contribution in [2.24, 2.45) is 0 Å². The summed E-state index contributed by atoms with van der Waals surface area (Å²) in [5.41, 5.74) is 2.32. The maximum Gasteiger partial charge on any atom is 0.277 e. The summed E-state index contributed by atoms with van der Waals surface area (Å²) >= 11 is 1.38. The van der Waals surface area contributed by atoms with Crippen molar-refractivity contribution in [3.05, 3.63) is 48.3 Å². The smallest absolute Gasteiger partial charge is 0.277 e. The van der Waals surface area contributed by atoms with E-state index in [-0.39, 0.29) is 4.90 Å². The van der Waals surface area contributed by atoms with Crippen LogP contribution in [0.4, 0.5) is 0 Å². The van der Waals surface area contributed by atoms with Crippen LogP contribution in [0.2, 0.25) is 0 Å². The van der Waals surface area contributed by atoms with Gasteiger partial charge in [-0.2, -0.15) is 0 Å². The number of fused-ring (bicyclic) bond motifs is 1. The summed E-state index contributed by atoms with van der Waals surface area (Å²) in [6.45, 7) is 2.72. The SMILES string of the molecule is CCn1c(CSc2nnc(-c3ccc(OC)cc3)o2)nc2cc(S(=O)(=O)N(C)C)ccc21. The zero-order valence-corrected chi connectivity index (χ0v) is 19.8. The summed E-state index contributed by atoms with van der Waals surface area (Å²) in [7, 11) is 1.11. The van der Waals surface area contributed by atoms with Crippen molar-refractivity contribution in [3.8, 4) is 17.2 Å². The molecule has 2 aromatic heterocycles. The fourth-order valence-corrected chi connectivity index (χ4v) is 4.87. The van der Waals surface area contributed by atoms with Gasteiger partial charge in [0.15, 0.2) is 0 Å². The van der Waals surface area contributed by atoms with Crippen molar-refractivity contribution in [3.63, 3.8) is 0 Å². The first-order chi connectivity index (χ1) is 15.3. The van der Waals surface area contributed by atoms with Gasteiger partial charge >= 0.3 is 0 Å². The van der Waals surface area contributed by atoms with Gasteiger partial charge in [-0.15, -0.1) is 10.2 Å². The Kier molecular flexibility index (Phi) is 6.22. The molecular weight excluding hydrogens is 450 g/mol. The molecule has 0 radical (unpaired) electrons. The first kappa shape index (κ1) is 22.3. The quantitative estimate of drug-likeness (QED) is 0.357. The Morgan fingerprint density at radius 2 is 1.88 bits per heavy atom. The Morgan fingerprint density at radius 3 is 2.53 bits per heavy atom. The van der Waals surface area contributed by atoms with E-state index >= 15 is 0 Å². The lowest BCUT2D eigenvalue weighted by molar-refractivity contribution is 0.414. The van der Waals surface area contributed by atoms with Crippen molar-refractivity contribution in [1.82, 2.24) is 24.1 Å². The minimum atomic E-state index is -3.52. The van der Waals surface area contributed by atoms with Gasteiger partial charge in [-0.25, -0.2) is 17.7 Å². The third-order valence-electron chi connectivity index (χ3n) is 4.96. The summed E-state index contributed by atoms with van der Waals surface area (Å²) in [5.74, 6) is 2.49. The molecule has 0 N–H and O–H groups in total. The summed E-state index contributed by atoms with van der Waals surface area (Å²) in [4.78, 5) is 4.89. The van der Waals surface area contributed by atoms with Crippen molar-refractivity contribution < 1.29 is 17.6 Å². The van der Waals surface area contributed by atoms with Crippen molar-refractivity contribution in [2.45, 2.75) is 29.3 Å². The highest BCUT2D eigenvalue weighted by Crippen LogP contribution is 2.29. The van der Waals surface area contributed by atoms with E-state index in [0.717, 1.165) is 22.7 Å². The summed E-state index contributed by atoms with van der Waals surface area (Å²) in [6, 6.07) is 12.4. The molecule has 0 saturated carbocycles. The van der Waals surface area contributed by atoms with Crippen LogP contribution in [0.5, 0.6) is 5.75 Å². The molecule has 11 heteroatoms. The highest BCUT2D eigenvalue weighted by atomic mass is 32.2. The van der Waals surface area contributed by atoms with Crippen LogP contribution in [0.15, 0.2) is 57.0 Å². The number of nitrogens with zero attached hydrogens (tertiary/aromatic N) is 5. The molecule has 2 heterocycles. The van der Waals surface area contributed by atoms with E-state index in [4.69, 9.17) is 9.15 Å². The van der Waals surface area contributed by atoms with Gasteiger partial charge in [0.25, 0.3) is 5.22 Å². The van der Waals surface area contributed by atoms with E-state index in [1.807, 2.05) is 31.2 Å². The maximum absolute atomic E-state index is 12.5. The summed E-state index contributed by atoms with van der Waals surface area (Å²) < 4.78 is 39.1. The van der Waals surface area contributed by atoms with E-state index in [2.05, 4.69) is 19.7 Å². The predicted octanol–water partition coefficient (Wildman–Crippen LogP) is 3.66. The second-order valence-electron chi connectivity index (χ2n) is 7.10. The van der Waals surface area contributed by atoms with E-state index in [0.29, 0.717) is 28.9 Å². The second-order valence-corrected chi connectivity index (χ2v) is 10.2. The number of ether oxygens (including phenoxy) is 1. The second kappa shape index (κ2) is 8.93. The highest BCUT2D eigenvalue weighted by Gasteiger charge is 2.20. The lowest BCUT2D eigenvalue weighted by Crippen LogP contribution is -2.22. The number of aryl methyl sites for hydroxylation is 1. The molecule has 32 heavy (non-hydrogen) atoms. The van der Waals surface area contributed by atoms with Crippen LogP contribution < -0.4 is 4.74 Å². The Bertz CT molecular complexity index is 1340. The molecule has 4 aromatic rings. The number of benzene rings is 2. The summed E-state index contributed by atoms with van der Waals surface area (Å²) in [5, 5.41) is 8.67. The van der Waals surface area contributed by atoms with Crippen LogP contribution in [0.3, 0.4) is 0 Å². The van der Waals surface area contributed by atoms with Gasteiger partial charge in [-0.05, 0) is 49.4 Å². The van der Waals surface area contributed by atoms with Crippen molar-refractivity contribution >= 4 is 32.8 Å². The van der Waals surface area contributed by atoms with Gasteiger partial charge in [0.05, 0.1) is 28.8 Å². The average molecular weight is 474 g/mol. The van der Waals surface area contributed by atoms with Crippen LogP contribution in [0, 0.1) is 0 Å². The maximum atomic E-state index is 12.5. The van der Waals surface area contributed by atoms with Gasteiger partial charge in [0.1, 0.15) is 11.6 Å². The highest BCUT2D eigenvalue weighted by molar-refractivity contribution is 7.98. The van der Waals surface area contributed by atoms with E-state index in [9.17, 15) is 8.42 Å². The fraction of sp³-hybridized carbons (Fsp3) is 0.286. The van der Waals surface area contributed by atoms with E-state index < -0.39 is 10.0 Å². The third-order valence-corrected chi connectivity index (χ3v) is 7.59. The molecule has 9 nitrogen and oxygen atoms in total. The zero-order valence-electron chi connectivity index (χ0n) is 18.1. The van der Waals surface area contributed by atoms with Gasteiger partial charge in [-0.1, -0.05) is 11.8 Å². The fourth-order valence-electron chi connectivity index (χ4n) is 3.24. The normalized spacial score (nSPS) is 12.0. The number of thioether (sulfide) groups is 1. The molecular formula is C21H23N5O4S2. The molecule has 0 atom stereocenters. The lowest BCUT2D eigenvalue weighted by atomic mass is 10.2. The van der Waals surface area contributed by atoms with Crippen LogP contribution in [0.25, 0.3) is 22.5 Å². The molecule has 0 bridgehead atoms. The predicted molar refractivity (Wildman–Crippen MR) is 122 cm³/mol. The van der Waals surface area contributed by atoms with E-state index in [1.54, 1.807) is 25.3 Å². The zero-order chi connectivity index (χ0) is 22.9. The number of methoxy groups -OCH3 is 1. The molecule has 0 aliphatic rings. The molecule has 2 aromatic carbocycles. The number of imidazole rings is 1. The van der Waals surface area contributed by atoms with Crippen LogP contribution in [-0.4, -0.2) is 53.7 Å². The Balaban J connectivity index is 1.56. The van der Waals surface area contributed by atoms with Crippen molar-refractivity contribution in [2.75, 3.05) is 21.2 Å². The Morgan fingerprint density at radius 1 is 1.12 bits per heavy atom. The van der Waals surface area contributed by atoms with E-state index in [1.165, 1.54) is 30.2 Å². The molecule has 168 valence electrons. The molecule has 0 amide bonds. The molecule has 0 saturated heterocycles. The van der Waals surface area contributed by atoms with Gasteiger partial charge in [0.2, 0.25) is 15.9 Å². The number of aromatic nitrogens is 4. The van der Waals surface area contributed by atoms with Crippen LogP contribution >= 0.6 is 11.8 Å². The van der Waals surface area contributed by atoms with Gasteiger partial charge < -0.3 is 13.7 Å².